The van der Waals surface area contributed by atoms with Crippen molar-refractivity contribution in [3.8, 4) is 11.3 Å². The molecule has 0 spiro atoms. The van der Waals surface area contributed by atoms with Crippen LogP contribution in [0.15, 0.2) is 77.6 Å². The van der Waals surface area contributed by atoms with Gasteiger partial charge < -0.3 is 10.6 Å². The van der Waals surface area contributed by atoms with Crippen LogP contribution in [0.1, 0.15) is 19.4 Å². The van der Waals surface area contributed by atoms with Gasteiger partial charge >= 0.3 is 0 Å². The summed E-state index contributed by atoms with van der Waals surface area (Å²) in [6.45, 7) is 5.39. The third-order valence-corrected chi connectivity index (χ3v) is 5.45. The molecule has 0 unspecified atom stereocenters. The Hall–Kier alpha value is -4.26. The average molecular weight is 455 g/mol. The summed E-state index contributed by atoms with van der Waals surface area (Å²) in [4.78, 5) is 43.4. The van der Waals surface area contributed by atoms with Crippen LogP contribution in [-0.2, 0) is 16.1 Å². The lowest BCUT2D eigenvalue weighted by Gasteiger charge is -2.15. The molecular weight excluding hydrogens is 428 g/mol. The smallest absolute Gasteiger partial charge is 0.278 e. The molecule has 0 bridgehead atoms. The third-order valence-electron chi connectivity index (χ3n) is 5.45. The number of aryl methyl sites for hydroxylation is 1. The van der Waals surface area contributed by atoms with Crippen LogP contribution in [-0.4, -0.2) is 21.4 Å². The topological polar surface area (TPSA) is 93.1 Å². The lowest BCUT2D eigenvalue weighted by atomic mass is 10.1. The zero-order valence-electron chi connectivity index (χ0n) is 19.3. The highest BCUT2D eigenvalue weighted by atomic mass is 16.2. The van der Waals surface area contributed by atoms with Crippen molar-refractivity contribution in [3.63, 3.8) is 0 Å². The second-order valence-electron chi connectivity index (χ2n) is 8.44. The van der Waals surface area contributed by atoms with Crippen LogP contribution in [0.5, 0.6) is 0 Å². The maximum atomic E-state index is 13.6. The Kier molecular flexibility index (Phi) is 6.54. The number of para-hydroxylation sites is 3. The van der Waals surface area contributed by atoms with Gasteiger partial charge in [0.25, 0.3) is 5.56 Å². The van der Waals surface area contributed by atoms with E-state index in [-0.39, 0.29) is 30.0 Å². The van der Waals surface area contributed by atoms with Gasteiger partial charge in [-0.05, 0) is 37.3 Å². The number of benzene rings is 3. The Morgan fingerprint density at radius 3 is 2.32 bits per heavy atom. The predicted molar refractivity (Wildman–Crippen MR) is 135 cm³/mol. The molecule has 4 aromatic rings. The number of anilines is 2. The largest absolute Gasteiger partial charge is 0.325 e. The number of nitrogens with one attached hydrogen (secondary N) is 2. The molecule has 0 saturated heterocycles. The highest BCUT2D eigenvalue weighted by Gasteiger charge is 2.18. The van der Waals surface area contributed by atoms with Gasteiger partial charge in [-0.1, -0.05) is 61.9 Å². The van der Waals surface area contributed by atoms with Gasteiger partial charge in [0, 0.05) is 17.2 Å². The Labute approximate surface area is 197 Å². The van der Waals surface area contributed by atoms with Crippen LogP contribution in [0.25, 0.3) is 22.3 Å². The summed E-state index contributed by atoms with van der Waals surface area (Å²) in [5, 5.41) is 5.72. The van der Waals surface area contributed by atoms with Crippen molar-refractivity contribution in [2.45, 2.75) is 27.3 Å². The zero-order valence-corrected chi connectivity index (χ0v) is 19.3. The minimum atomic E-state index is -0.413. The first-order chi connectivity index (χ1) is 16.3. The molecule has 0 aliphatic carbocycles. The normalized spacial score (nSPS) is 10.9. The molecule has 1 aromatic heterocycles. The lowest BCUT2D eigenvalue weighted by molar-refractivity contribution is -0.119. The van der Waals surface area contributed by atoms with Gasteiger partial charge in [-0.3, -0.25) is 19.0 Å². The fourth-order valence-corrected chi connectivity index (χ4v) is 3.58. The SMILES string of the molecule is Cc1ccc(NC(=O)Cn2c(=O)c(-c3ccccc3NC(=O)C(C)C)nc3ccccc32)cc1. The van der Waals surface area contributed by atoms with E-state index < -0.39 is 5.56 Å². The number of amides is 2. The van der Waals surface area contributed by atoms with E-state index in [1.165, 1.54) is 4.57 Å². The molecule has 4 rings (SSSR count). The molecule has 7 heteroatoms. The molecule has 2 N–H and O–H groups in total. The fraction of sp³-hybridized carbons (Fsp3) is 0.185. The maximum Gasteiger partial charge on any atom is 0.278 e. The predicted octanol–water partition coefficient (Wildman–Crippen LogP) is 4.61. The monoisotopic (exact) mass is 454 g/mol. The number of rotatable bonds is 6. The summed E-state index contributed by atoms with van der Waals surface area (Å²) in [6, 6.07) is 21.7. The number of carbonyl (C=O) groups excluding carboxylic acids is 2. The van der Waals surface area contributed by atoms with Crippen LogP contribution in [0.4, 0.5) is 11.4 Å². The van der Waals surface area contributed by atoms with Gasteiger partial charge in [0.15, 0.2) is 0 Å². The van der Waals surface area contributed by atoms with Crippen molar-refractivity contribution >= 4 is 34.2 Å². The molecule has 0 fully saturated rings. The van der Waals surface area contributed by atoms with Gasteiger partial charge in [0.05, 0.1) is 16.7 Å². The summed E-state index contributed by atoms with van der Waals surface area (Å²) >= 11 is 0. The average Bonchev–Trinajstić information content (AvgIpc) is 2.82. The second kappa shape index (κ2) is 9.70. The number of hydrogen-bond donors (Lipinski definition) is 2. The number of carbonyl (C=O) groups is 2. The van der Waals surface area contributed by atoms with Gasteiger partial charge in [-0.15, -0.1) is 0 Å². The van der Waals surface area contributed by atoms with Gasteiger partial charge in [-0.2, -0.15) is 0 Å². The maximum absolute atomic E-state index is 13.6. The third kappa shape index (κ3) is 4.88. The van der Waals surface area contributed by atoms with E-state index in [0.717, 1.165) is 5.56 Å². The Balaban J connectivity index is 1.77. The highest BCUT2D eigenvalue weighted by molar-refractivity contribution is 5.96. The van der Waals surface area contributed by atoms with Crippen molar-refractivity contribution in [1.82, 2.24) is 9.55 Å². The molecule has 0 radical (unpaired) electrons. The molecule has 172 valence electrons. The number of aromatic nitrogens is 2. The summed E-state index contributed by atoms with van der Waals surface area (Å²) < 4.78 is 1.42. The molecular formula is C27H26N4O3. The van der Waals surface area contributed by atoms with Gasteiger partial charge in [0.2, 0.25) is 11.8 Å². The summed E-state index contributed by atoms with van der Waals surface area (Å²) in [5.74, 6) is -0.708. The van der Waals surface area contributed by atoms with E-state index >= 15 is 0 Å². The fourth-order valence-electron chi connectivity index (χ4n) is 3.58. The molecule has 0 aliphatic rings. The van der Waals surface area contributed by atoms with Gasteiger partial charge in [0.1, 0.15) is 12.2 Å². The van der Waals surface area contributed by atoms with Crippen molar-refractivity contribution in [2.24, 2.45) is 5.92 Å². The van der Waals surface area contributed by atoms with Crippen LogP contribution >= 0.6 is 0 Å². The highest BCUT2D eigenvalue weighted by Crippen LogP contribution is 2.26. The Morgan fingerprint density at radius 2 is 1.59 bits per heavy atom. The van der Waals surface area contributed by atoms with E-state index in [2.05, 4.69) is 15.6 Å². The first kappa shape index (κ1) is 22.9. The van der Waals surface area contributed by atoms with Crippen molar-refractivity contribution in [1.29, 1.82) is 0 Å². The molecule has 0 saturated carbocycles. The van der Waals surface area contributed by atoms with E-state index in [4.69, 9.17) is 0 Å². The molecule has 3 aromatic carbocycles. The minimum absolute atomic E-state index is 0.161. The van der Waals surface area contributed by atoms with E-state index in [1.54, 1.807) is 56.3 Å². The van der Waals surface area contributed by atoms with E-state index in [9.17, 15) is 14.4 Å². The Bertz CT molecular complexity index is 1420. The zero-order chi connectivity index (χ0) is 24.2. The molecule has 1 heterocycles. The molecule has 7 nitrogen and oxygen atoms in total. The standard InChI is InChI=1S/C27H26N4O3/c1-17(2)26(33)30-21-9-5-4-8-20(21)25-27(34)31(23-11-7-6-10-22(23)29-25)16-24(32)28-19-14-12-18(3)13-15-19/h4-15,17H,16H2,1-3H3,(H,28,32)(H,30,33). The number of hydrogen-bond acceptors (Lipinski definition) is 4. The quantitative estimate of drug-likeness (QED) is 0.445. The lowest BCUT2D eigenvalue weighted by Crippen LogP contribution is -2.30. The van der Waals surface area contributed by atoms with Crippen LogP contribution in [0.3, 0.4) is 0 Å². The molecule has 0 aliphatic heterocycles. The molecule has 0 atom stereocenters. The first-order valence-electron chi connectivity index (χ1n) is 11.1. The van der Waals surface area contributed by atoms with Crippen molar-refractivity contribution in [3.05, 3.63) is 88.7 Å². The van der Waals surface area contributed by atoms with E-state index in [0.29, 0.717) is 28.0 Å². The van der Waals surface area contributed by atoms with Crippen LogP contribution < -0.4 is 16.2 Å². The Morgan fingerprint density at radius 1 is 0.912 bits per heavy atom. The van der Waals surface area contributed by atoms with E-state index in [1.807, 2.05) is 37.3 Å². The van der Waals surface area contributed by atoms with Crippen molar-refractivity contribution < 1.29 is 9.59 Å². The van der Waals surface area contributed by atoms with Crippen LogP contribution in [0.2, 0.25) is 0 Å². The second-order valence-corrected chi connectivity index (χ2v) is 8.44. The number of nitrogens with zero attached hydrogens (tertiary/aromatic N) is 2. The number of fused-ring (bicyclic) bond motifs is 1. The molecule has 2 amide bonds. The minimum Gasteiger partial charge on any atom is -0.325 e. The first-order valence-corrected chi connectivity index (χ1v) is 11.1. The van der Waals surface area contributed by atoms with Crippen molar-refractivity contribution in [2.75, 3.05) is 10.6 Å². The molecule has 34 heavy (non-hydrogen) atoms. The summed E-state index contributed by atoms with van der Waals surface area (Å²) in [7, 11) is 0. The van der Waals surface area contributed by atoms with Gasteiger partial charge in [-0.25, -0.2) is 4.98 Å². The summed E-state index contributed by atoms with van der Waals surface area (Å²) in [5.41, 5.74) is 3.62. The summed E-state index contributed by atoms with van der Waals surface area (Å²) in [6.07, 6.45) is 0. The van der Waals surface area contributed by atoms with Crippen LogP contribution in [0, 0.1) is 12.8 Å².